The summed E-state index contributed by atoms with van der Waals surface area (Å²) < 4.78 is 11.8. The number of ether oxygens (including phenoxy) is 2. The molecule has 0 aromatic rings. The van der Waals surface area contributed by atoms with E-state index >= 15 is 0 Å². The van der Waals surface area contributed by atoms with Crippen LogP contribution in [0.1, 0.15) is 6.92 Å². The van der Waals surface area contributed by atoms with E-state index in [1.54, 1.807) is 6.92 Å². The Kier molecular flexibility index (Phi) is 9.14. The first kappa shape index (κ1) is 14.1. The molecule has 0 heterocycles. The molecule has 0 aliphatic carbocycles. The molecule has 13 heavy (non-hydrogen) atoms. The number of carbonyl (C=O) groups is 1. The quantitative estimate of drug-likeness (QED) is 0.454. The summed E-state index contributed by atoms with van der Waals surface area (Å²) in [4.78, 5) is 10.8. The fourth-order valence-electron chi connectivity index (χ4n) is 0.481. The molecule has 0 radical (unpaired) electrons. The van der Waals surface area contributed by atoms with Crippen LogP contribution in [0.25, 0.3) is 0 Å². The highest BCUT2D eigenvalue weighted by atomic mass is 127. The third-order valence-corrected chi connectivity index (χ3v) is 4.71. The van der Waals surface area contributed by atoms with Gasteiger partial charge in [0.15, 0.2) is 0 Å². The van der Waals surface area contributed by atoms with E-state index in [9.17, 15) is 4.79 Å². The van der Waals surface area contributed by atoms with Gasteiger partial charge in [0.05, 0.1) is 15.7 Å². The molecule has 0 fully saturated rings. The Bertz CT molecular complexity index is 202. The fraction of sp³-hybridized carbons (Fsp3) is 0.571. The number of esters is 1. The molecule has 0 aliphatic rings. The summed E-state index contributed by atoms with van der Waals surface area (Å²) in [5.41, 5.74) is 0. The van der Waals surface area contributed by atoms with Gasteiger partial charge < -0.3 is 9.47 Å². The zero-order valence-electron chi connectivity index (χ0n) is 6.98. The maximum Gasteiger partial charge on any atom is 0.332 e. The molecule has 0 spiro atoms. The van der Waals surface area contributed by atoms with Crippen molar-refractivity contribution in [3.8, 4) is 0 Å². The molecule has 0 aliphatic heterocycles. The van der Waals surface area contributed by atoms with Crippen LogP contribution in [0.4, 0.5) is 0 Å². The van der Waals surface area contributed by atoms with Crippen LogP contribution >= 0.6 is 61.1 Å². The molecular formula is C7H9BrI2O3. The molecule has 0 atom stereocenters. The molecule has 0 saturated carbocycles. The molecule has 0 aromatic carbocycles. The van der Waals surface area contributed by atoms with E-state index in [0.29, 0.717) is 13.2 Å². The van der Waals surface area contributed by atoms with E-state index in [1.807, 2.05) is 0 Å². The van der Waals surface area contributed by atoms with Crippen LogP contribution in [0.3, 0.4) is 0 Å². The van der Waals surface area contributed by atoms with Gasteiger partial charge in [-0.2, -0.15) is 0 Å². The third kappa shape index (κ3) is 8.13. The van der Waals surface area contributed by atoms with Crippen molar-refractivity contribution in [3.63, 3.8) is 0 Å². The molecule has 0 saturated heterocycles. The van der Waals surface area contributed by atoms with Gasteiger partial charge in [0, 0.05) is 3.58 Å². The second kappa shape index (κ2) is 8.42. The summed E-state index contributed by atoms with van der Waals surface area (Å²) in [5, 5.41) is 0. The normalized spacial score (nSPS) is 12.3. The largest absolute Gasteiger partial charge is 0.464 e. The lowest BCUT2D eigenvalue weighted by atomic mass is 10.6. The van der Waals surface area contributed by atoms with Gasteiger partial charge >= 0.3 is 5.97 Å². The molecular weight excluding hydrogens is 466 g/mol. The van der Waals surface area contributed by atoms with Crippen LogP contribution in [0, 0.1) is 0 Å². The Labute approximate surface area is 113 Å². The first-order chi connectivity index (χ1) is 6.07. The third-order valence-electron chi connectivity index (χ3n) is 0.959. The number of hydrogen-bond acceptors (Lipinski definition) is 3. The molecule has 0 N–H and O–H groups in total. The van der Waals surface area contributed by atoms with Gasteiger partial charge in [-0.25, -0.2) is 4.79 Å². The van der Waals surface area contributed by atoms with Crippen molar-refractivity contribution in [2.24, 2.45) is 0 Å². The molecule has 0 rings (SSSR count). The predicted octanol–water partition coefficient (Wildman–Crippen LogP) is 3.00. The van der Waals surface area contributed by atoms with Crippen molar-refractivity contribution in [2.45, 2.75) is 6.92 Å². The zero-order valence-corrected chi connectivity index (χ0v) is 12.9. The van der Waals surface area contributed by atoms with Crippen LogP contribution in [0.2, 0.25) is 0 Å². The molecule has 0 aromatic heterocycles. The summed E-state index contributed by atoms with van der Waals surface area (Å²) in [5.74, 6) is -0.323. The minimum absolute atomic E-state index is 0.0112. The van der Waals surface area contributed by atoms with Crippen molar-refractivity contribution in [2.75, 3.05) is 19.8 Å². The van der Waals surface area contributed by atoms with Gasteiger partial charge in [-0.1, -0.05) is 0 Å². The second-order valence-corrected chi connectivity index (χ2v) is 6.62. The van der Waals surface area contributed by atoms with Crippen molar-refractivity contribution in [3.05, 3.63) is 6.07 Å². The van der Waals surface area contributed by atoms with E-state index < -0.39 is 0 Å². The highest BCUT2D eigenvalue weighted by molar-refractivity contribution is 14.1. The average molecular weight is 475 g/mol. The molecule has 0 amide bonds. The highest BCUT2D eigenvalue weighted by Gasteiger charge is 2.03. The summed E-state index contributed by atoms with van der Waals surface area (Å²) in [6.07, 6.45) is 0. The molecule has 6 heteroatoms. The second-order valence-electron chi connectivity index (χ2n) is 1.96. The first-order valence-corrected chi connectivity index (χ1v) is 6.46. The van der Waals surface area contributed by atoms with Gasteiger partial charge in [0.25, 0.3) is 0 Å². The van der Waals surface area contributed by atoms with Gasteiger partial charge in [0.1, 0.15) is 6.61 Å². The standard InChI is InChI=1S/C7H9BrI2O3/c1-2-13-6(11)4-12-3-5(9)7(8)10/h2-4H2,1H3. The van der Waals surface area contributed by atoms with E-state index in [2.05, 4.69) is 65.8 Å². The lowest BCUT2D eigenvalue weighted by molar-refractivity contribution is -0.147. The highest BCUT2D eigenvalue weighted by Crippen LogP contribution is 2.24. The Hall–Kier alpha value is 1.11. The van der Waals surface area contributed by atoms with Gasteiger partial charge in [-0.15, -0.1) is 0 Å². The number of carbonyl (C=O) groups excluding carboxylic acids is 1. The van der Waals surface area contributed by atoms with E-state index in [0.717, 1.165) is 6.07 Å². The molecule has 0 bridgehead atoms. The number of hydrogen-bond donors (Lipinski definition) is 0. The topological polar surface area (TPSA) is 35.5 Å². The van der Waals surface area contributed by atoms with Gasteiger partial charge in [0.2, 0.25) is 0 Å². The lowest BCUT2D eigenvalue weighted by Gasteiger charge is -2.03. The minimum Gasteiger partial charge on any atom is -0.464 e. The maximum absolute atomic E-state index is 10.8. The van der Waals surface area contributed by atoms with Crippen LogP contribution in [-0.4, -0.2) is 25.8 Å². The molecule has 76 valence electrons. The fourth-order valence-corrected chi connectivity index (χ4v) is 0.972. The van der Waals surface area contributed by atoms with Crippen molar-refractivity contribution in [1.82, 2.24) is 0 Å². The Morgan fingerprint density at radius 2 is 2.00 bits per heavy atom. The van der Waals surface area contributed by atoms with Crippen LogP contribution < -0.4 is 0 Å². The van der Waals surface area contributed by atoms with Crippen LogP contribution in [-0.2, 0) is 14.3 Å². The number of rotatable bonds is 5. The van der Waals surface area contributed by atoms with Crippen LogP contribution in [0.15, 0.2) is 6.07 Å². The Morgan fingerprint density at radius 1 is 1.38 bits per heavy atom. The Morgan fingerprint density at radius 3 is 2.46 bits per heavy atom. The summed E-state index contributed by atoms with van der Waals surface area (Å²) in [6, 6.07) is 0. The average Bonchev–Trinajstić information content (AvgIpc) is 2.04. The van der Waals surface area contributed by atoms with Gasteiger partial charge in [-0.05, 0) is 68.0 Å². The van der Waals surface area contributed by atoms with Crippen molar-refractivity contribution >= 4 is 67.1 Å². The smallest absolute Gasteiger partial charge is 0.332 e. The minimum atomic E-state index is -0.323. The lowest BCUT2D eigenvalue weighted by Crippen LogP contribution is -2.12. The first-order valence-electron chi connectivity index (χ1n) is 3.51. The van der Waals surface area contributed by atoms with E-state index in [1.165, 1.54) is 0 Å². The van der Waals surface area contributed by atoms with E-state index in [-0.39, 0.29) is 12.6 Å². The van der Waals surface area contributed by atoms with Crippen LogP contribution in [0.5, 0.6) is 0 Å². The van der Waals surface area contributed by atoms with Gasteiger partial charge in [-0.3, -0.25) is 0 Å². The van der Waals surface area contributed by atoms with E-state index in [4.69, 9.17) is 4.74 Å². The monoisotopic (exact) mass is 474 g/mol. The summed E-state index contributed by atoms with van der Waals surface area (Å²) >= 11 is 7.58. The SMILES string of the molecule is CCOC(=O)COCC(I)=C(Br)I. The molecule has 0 unspecified atom stereocenters. The summed E-state index contributed by atoms with van der Waals surface area (Å²) in [6.45, 7) is 2.61. The number of halogens is 3. The van der Waals surface area contributed by atoms with Crippen molar-refractivity contribution < 1.29 is 14.3 Å². The maximum atomic E-state index is 10.8. The predicted molar refractivity (Wildman–Crippen MR) is 71.4 cm³/mol. The zero-order chi connectivity index (χ0) is 10.3. The molecule has 3 nitrogen and oxygen atoms in total. The Balaban J connectivity index is 3.57. The summed E-state index contributed by atoms with van der Waals surface area (Å²) in [7, 11) is 0. The van der Waals surface area contributed by atoms with Crippen molar-refractivity contribution in [1.29, 1.82) is 0 Å².